The van der Waals surface area contributed by atoms with Crippen LogP contribution in [0.25, 0.3) is 11.4 Å². The SMILES string of the molecule is CCn1c(SCC(=O)N[C@](C)(C#N)C2CC2)nnc1-c1ccccc1. The van der Waals surface area contributed by atoms with Crippen LogP contribution in [0.5, 0.6) is 0 Å². The van der Waals surface area contributed by atoms with Crippen molar-refractivity contribution in [3.63, 3.8) is 0 Å². The molecular formula is C18H21N5OS. The summed E-state index contributed by atoms with van der Waals surface area (Å²) >= 11 is 1.35. The first-order valence-corrected chi connectivity index (χ1v) is 9.39. The topological polar surface area (TPSA) is 83.6 Å². The van der Waals surface area contributed by atoms with Crippen molar-refractivity contribution in [2.45, 2.75) is 43.9 Å². The van der Waals surface area contributed by atoms with E-state index in [-0.39, 0.29) is 17.6 Å². The van der Waals surface area contributed by atoms with Crippen LogP contribution in [-0.4, -0.2) is 32.0 Å². The molecule has 1 heterocycles. The van der Waals surface area contributed by atoms with Gasteiger partial charge in [-0.2, -0.15) is 5.26 Å². The Morgan fingerprint density at radius 3 is 2.72 bits per heavy atom. The summed E-state index contributed by atoms with van der Waals surface area (Å²) < 4.78 is 2.00. The third-order valence-electron chi connectivity index (χ3n) is 4.42. The maximum Gasteiger partial charge on any atom is 0.231 e. The van der Waals surface area contributed by atoms with E-state index >= 15 is 0 Å². The van der Waals surface area contributed by atoms with Crippen LogP contribution in [0.3, 0.4) is 0 Å². The molecule has 3 rings (SSSR count). The molecule has 0 bridgehead atoms. The predicted octanol–water partition coefficient (Wildman–Crippen LogP) is 2.87. The number of thioether (sulfide) groups is 1. The Bertz CT molecular complexity index is 794. The van der Waals surface area contributed by atoms with Crippen molar-refractivity contribution in [2.24, 2.45) is 5.92 Å². The van der Waals surface area contributed by atoms with Gasteiger partial charge in [0.25, 0.3) is 0 Å². The van der Waals surface area contributed by atoms with E-state index in [1.807, 2.05) is 41.8 Å². The van der Waals surface area contributed by atoms with Gasteiger partial charge < -0.3 is 9.88 Å². The zero-order valence-electron chi connectivity index (χ0n) is 14.4. The maximum absolute atomic E-state index is 12.3. The van der Waals surface area contributed by atoms with E-state index in [2.05, 4.69) is 21.6 Å². The van der Waals surface area contributed by atoms with E-state index in [4.69, 9.17) is 0 Å². The van der Waals surface area contributed by atoms with Gasteiger partial charge >= 0.3 is 0 Å². The van der Waals surface area contributed by atoms with E-state index < -0.39 is 5.54 Å². The highest BCUT2D eigenvalue weighted by atomic mass is 32.2. The molecular weight excluding hydrogens is 334 g/mol. The van der Waals surface area contributed by atoms with Crippen molar-refractivity contribution < 1.29 is 4.79 Å². The van der Waals surface area contributed by atoms with Gasteiger partial charge in [0, 0.05) is 12.1 Å². The van der Waals surface area contributed by atoms with Gasteiger partial charge in [-0.05, 0) is 32.6 Å². The van der Waals surface area contributed by atoms with Gasteiger partial charge in [-0.15, -0.1) is 10.2 Å². The fourth-order valence-corrected chi connectivity index (χ4v) is 3.62. The van der Waals surface area contributed by atoms with Gasteiger partial charge in [0.15, 0.2) is 11.0 Å². The number of benzene rings is 1. The molecule has 1 saturated carbocycles. The van der Waals surface area contributed by atoms with E-state index in [9.17, 15) is 10.1 Å². The molecule has 130 valence electrons. The second-order valence-corrected chi connectivity index (χ2v) is 7.28. The summed E-state index contributed by atoms with van der Waals surface area (Å²) in [5.74, 6) is 1.14. The van der Waals surface area contributed by atoms with Crippen LogP contribution >= 0.6 is 11.8 Å². The van der Waals surface area contributed by atoms with Gasteiger partial charge in [0.2, 0.25) is 5.91 Å². The Balaban J connectivity index is 1.66. The lowest BCUT2D eigenvalue weighted by molar-refractivity contribution is -0.119. The third kappa shape index (κ3) is 3.85. The molecule has 1 N–H and O–H groups in total. The Labute approximate surface area is 151 Å². The third-order valence-corrected chi connectivity index (χ3v) is 5.39. The number of nitrogens with one attached hydrogen (secondary N) is 1. The first-order valence-electron chi connectivity index (χ1n) is 8.41. The van der Waals surface area contributed by atoms with Crippen molar-refractivity contribution in [2.75, 3.05) is 5.75 Å². The standard InChI is InChI=1S/C18H21N5OS/c1-3-23-16(13-7-5-4-6-8-13)21-22-17(23)25-11-15(24)20-18(2,12-19)14-9-10-14/h4-8,14H,3,9-11H2,1-2H3,(H,20,24)/t18-/m1/s1. The summed E-state index contributed by atoms with van der Waals surface area (Å²) in [6, 6.07) is 12.1. The van der Waals surface area contributed by atoms with Gasteiger partial charge in [-0.1, -0.05) is 42.1 Å². The predicted molar refractivity (Wildman–Crippen MR) is 96.7 cm³/mol. The molecule has 0 aliphatic heterocycles. The highest BCUT2D eigenvalue weighted by molar-refractivity contribution is 7.99. The molecule has 0 spiro atoms. The van der Waals surface area contributed by atoms with Crippen molar-refractivity contribution in [1.29, 1.82) is 5.26 Å². The summed E-state index contributed by atoms with van der Waals surface area (Å²) in [4.78, 5) is 12.3. The van der Waals surface area contributed by atoms with Crippen LogP contribution in [0, 0.1) is 17.2 Å². The molecule has 7 heteroatoms. The summed E-state index contributed by atoms with van der Waals surface area (Å²) in [5, 5.41) is 21.4. The Morgan fingerprint density at radius 2 is 2.12 bits per heavy atom. The van der Waals surface area contributed by atoms with Gasteiger partial charge in [0.1, 0.15) is 5.54 Å². The van der Waals surface area contributed by atoms with Crippen LogP contribution in [-0.2, 0) is 11.3 Å². The molecule has 25 heavy (non-hydrogen) atoms. The monoisotopic (exact) mass is 355 g/mol. The van der Waals surface area contributed by atoms with Gasteiger partial charge in [-0.25, -0.2) is 0 Å². The fourth-order valence-electron chi connectivity index (χ4n) is 2.82. The van der Waals surface area contributed by atoms with Crippen molar-refractivity contribution in [3.8, 4) is 17.5 Å². The Hall–Kier alpha value is -2.33. The molecule has 1 amide bonds. The molecule has 2 aromatic rings. The molecule has 1 aliphatic carbocycles. The van der Waals surface area contributed by atoms with Crippen LogP contribution in [0.15, 0.2) is 35.5 Å². The lowest BCUT2D eigenvalue weighted by Gasteiger charge is -2.22. The lowest BCUT2D eigenvalue weighted by atomic mass is 9.98. The number of nitriles is 1. The number of rotatable bonds is 7. The molecule has 1 aromatic heterocycles. The molecule has 6 nitrogen and oxygen atoms in total. The number of aromatic nitrogens is 3. The Kier molecular flexibility index (Phi) is 5.09. The quantitative estimate of drug-likeness (QED) is 0.772. The average Bonchev–Trinajstić information content (AvgIpc) is 3.41. The van der Waals surface area contributed by atoms with Crippen molar-refractivity contribution >= 4 is 17.7 Å². The van der Waals surface area contributed by atoms with Crippen LogP contribution < -0.4 is 5.32 Å². The van der Waals surface area contributed by atoms with Crippen LogP contribution in [0.1, 0.15) is 26.7 Å². The molecule has 1 aromatic carbocycles. The number of carbonyl (C=O) groups is 1. The molecule has 0 unspecified atom stereocenters. The first-order chi connectivity index (χ1) is 12.1. The summed E-state index contributed by atoms with van der Waals surface area (Å²) in [6.45, 7) is 4.55. The van der Waals surface area contributed by atoms with Gasteiger partial charge in [0.05, 0.1) is 11.8 Å². The minimum Gasteiger partial charge on any atom is -0.337 e. The molecule has 0 saturated heterocycles. The van der Waals surface area contributed by atoms with E-state index in [1.165, 1.54) is 11.8 Å². The fraction of sp³-hybridized carbons (Fsp3) is 0.444. The number of nitrogens with zero attached hydrogens (tertiary/aromatic N) is 4. The number of amides is 1. The van der Waals surface area contributed by atoms with E-state index in [0.29, 0.717) is 5.16 Å². The van der Waals surface area contributed by atoms with Crippen molar-refractivity contribution in [1.82, 2.24) is 20.1 Å². The minimum absolute atomic E-state index is 0.145. The highest BCUT2D eigenvalue weighted by Crippen LogP contribution is 2.39. The van der Waals surface area contributed by atoms with E-state index in [0.717, 1.165) is 30.8 Å². The zero-order chi connectivity index (χ0) is 17.9. The number of hydrogen-bond donors (Lipinski definition) is 1. The van der Waals surface area contributed by atoms with E-state index in [1.54, 1.807) is 6.92 Å². The summed E-state index contributed by atoms with van der Waals surface area (Å²) in [5.41, 5.74) is 0.240. The lowest BCUT2D eigenvalue weighted by Crippen LogP contribution is -2.47. The van der Waals surface area contributed by atoms with Crippen LogP contribution in [0.2, 0.25) is 0 Å². The largest absolute Gasteiger partial charge is 0.337 e. The summed E-state index contributed by atoms with van der Waals surface area (Å²) in [6.07, 6.45) is 2.00. The second-order valence-electron chi connectivity index (χ2n) is 6.34. The maximum atomic E-state index is 12.3. The zero-order valence-corrected chi connectivity index (χ0v) is 15.2. The minimum atomic E-state index is -0.759. The highest BCUT2D eigenvalue weighted by Gasteiger charge is 2.42. The smallest absolute Gasteiger partial charge is 0.231 e. The van der Waals surface area contributed by atoms with Gasteiger partial charge in [-0.3, -0.25) is 4.79 Å². The summed E-state index contributed by atoms with van der Waals surface area (Å²) in [7, 11) is 0. The average molecular weight is 355 g/mol. The number of hydrogen-bond acceptors (Lipinski definition) is 5. The first kappa shape index (κ1) is 17.5. The molecule has 1 aliphatic rings. The van der Waals surface area contributed by atoms with Crippen LogP contribution in [0.4, 0.5) is 0 Å². The second kappa shape index (κ2) is 7.28. The normalized spacial score (nSPS) is 16.0. The number of carbonyl (C=O) groups excluding carboxylic acids is 1. The molecule has 0 radical (unpaired) electrons. The van der Waals surface area contributed by atoms with Crippen molar-refractivity contribution in [3.05, 3.63) is 30.3 Å². The Morgan fingerprint density at radius 1 is 1.40 bits per heavy atom. The molecule has 1 fully saturated rings. The molecule has 1 atom stereocenters.